The van der Waals surface area contributed by atoms with E-state index in [0.717, 1.165) is 50.2 Å². The molecule has 178 valence electrons. The van der Waals surface area contributed by atoms with Crippen molar-refractivity contribution in [3.63, 3.8) is 0 Å². The van der Waals surface area contributed by atoms with E-state index in [0.29, 0.717) is 11.7 Å². The zero-order chi connectivity index (χ0) is 23.4. The van der Waals surface area contributed by atoms with Crippen molar-refractivity contribution in [2.24, 2.45) is 5.92 Å². The van der Waals surface area contributed by atoms with Crippen LogP contribution in [0, 0.1) is 5.92 Å². The first kappa shape index (κ1) is 23.9. The molecule has 0 amide bonds. The first-order valence-electron chi connectivity index (χ1n) is 12.9. The third kappa shape index (κ3) is 5.63. The summed E-state index contributed by atoms with van der Waals surface area (Å²) in [6.45, 7) is 11.8. The second kappa shape index (κ2) is 10.3. The van der Waals surface area contributed by atoms with Crippen LogP contribution in [-0.2, 0) is 13.0 Å². The minimum absolute atomic E-state index is 0.334. The number of phenols is 1. The van der Waals surface area contributed by atoms with Gasteiger partial charge in [-0.15, -0.1) is 0 Å². The summed E-state index contributed by atoms with van der Waals surface area (Å²) in [7, 11) is 0. The highest BCUT2D eigenvalue weighted by Gasteiger charge is 2.39. The number of nitrogens with zero attached hydrogens (tertiary/aromatic N) is 1. The van der Waals surface area contributed by atoms with E-state index in [1.54, 1.807) is 0 Å². The van der Waals surface area contributed by atoms with Gasteiger partial charge in [0.15, 0.2) is 0 Å². The molecule has 1 atom stereocenters. The fraction of sp³-hybridized carbons (Fsp3) is 0.533. The van der Waals surface area contributed by atoms with Crippen LogP contribution in [0.1, 0.15) is 82.9 Å². The minimum Gasteiger partial charge on any atom is -0.507 e. The number of hydrogen-bond donors (Lipinski definition) is 1. The summed E-state index contributed by atoms with van der Waals surface area (Å²) in [5.74, 6) is 1.95. The molecule has 2 aromatic rings. The molecule has 3 nitrogen and oxygen atoms in total. The van der Waals surface area contributed by atoms with Crippen molar-refractivity contribution >= 4 is 5.57 Å². The van der Waals surface area contributed by atoms with E-state index in [-0.39, 0.29) is 5.60 Å². The summed E-state index contributed by atoms with van der Waals surface area (Å²) in [5.41, 5.74) is 5.71. The zero-order valence-corrected chi connectivity index (χ0v) is 21.0. The van der Waals surface area contributed by atoms with Crippen molar-refractivity contribution < 1.29 is 9.84 Å². The van der Waals surface area contributed by atoms with Gasteiger partial charge in [0, 0.05) is 19.6 Å². The van der Waals surface area contributed by atoms with Crippen molar-refractivity contribution in [3.05, 3.63) is 64.7 Å². The summed E-state index contributed by atoms with van der Waals surface area (Å²) in [6.07, 6.45) is 8.34. The lowest BCUT2D eigenvalue weighted by Crippen LogP contribution is -2.42. The Balaban J connectivity index is 1.53. The van der Waals surface area contributed by atoms with Crippen molar-refractivity contribution in [2.75, 3.05) is 13.1 Å². The van der Waals surface area contributed by atoms with Gasteiger partial charge in [-0.2, -0.15) is 0 Å². The molecule has 2 heterocycles. The van der Waals surface area contributed by atoms with Gasteiger partial charge >= 0.3 is 0 Å². The Bertz CT molecular complexity index is 976. The maximum Gasteiger partial charge on any atom is 0.132 e. The van der Waals surface area contributed by atoms with Gasteiger partial charge in [0.05, 0.1) is 5.56 Å². The Labute approximate surface area is 200 Å². The summed E-state index contributed by atoms with van der Waals surface area (Å²) in [4.78, 5) is 2.49. The van der Waals surface area contributed by atoms with Crippen LogP contribution in [0.3, 0.4) is 0 Å². The van der Waals surface area contributed by atoms with Gasteiger partial charge in [-0.05, 0) is 73.4 Å². The molecular weight excluding hydrogens is 406 g/mol. The highest BCUT2D eigenvalue weighted by molar-refractivity contribution is 5.82. The molecule has 33 heavy (non-hydrogen) atoms. The standard InChI is InChI=1S/C30H41NO2/c1-5-6-8-11-22(2)14-15-24-18-27(32)29-25-21-31(20-23-12-9-7-10-13-23)17-16-26(25)30(3,4)33-28(29)19-24/h7,9-10,12-13,18-19,22,32H,5-6,8,11,14-17,20-21H2,1-4H3. The predicted octanol–water partition coefficient (Wildman–Crippen LogP) is 7.37. The number of benzene rings is 2. The molecule has 1 N–H and O–H groups in total. The number of phenolic OH excluding ortho intramolecular Hbond substituents is 1. The number of aryl methyl sites for hydroxylation is 1. The predicted molar refractivity (Wildman–Crippen MR) is 138 cm³/mol. The molecule has 0 bridgehead atoms. The lowest BCUT2D eigenvalue weighted by Gasteiger charge is -2.42. The van der Waals surface area contributed by atoms with Crippen LogP contribution in [0.25, 0.3) is 5.57 Å². The van der Waals surface area contributed by atoms with Crippen molar-refractivity contribution in [2.45, 2.75) is 84.8 Å². The highest BCUT2D eigenvalue weighted by Crippen LogP contribution is 2.48. The van der Waals surface area contributed by atoms with E-state index < -0.39 is 0 Å². The number of fused-ring (bicyclic) bond motifs is 2. The SMILES string of the molecule is CCCCCC(C)CCc1cc(O)c2c(c1)OC(C)(C)C1=C2CN(Cc2ccccc2)CC1. The maximum atomic E-state index is 11.1. The van der Waals surface area contributed by atoms with E-state index in [1.807, 2.05) is 6.07 Å². The molecule has 2 aliphatic heterocycles. The second-order valence-corrected chi connectivity index (χ2v) is 10.6. The lowest BCUT2D eigenvalue weighted by molar-refractivity contribution is 0.129. The molecular formula is C30H41NO2. The van der Waals surface area contributed by atoms with E-state index >= 15 is 0 Å². The normalized spacial score (nSPS) is 18.4. The third-order valence-electron chi connectivity index (χ3n) is 7.43. The van der Waals surface area contributed by atoms with Gasteiger partial charge in [-0.25, -0.2) is 0 Å². The van der Waals surface area contributed by atoms with E-state index in [1.165, 1.54) is 48.0 Å². The Morgan fingerprint density at radius 2 is 1.85 bits per heavy atom. The van der Waals surface area contributed by atoms with Gasteiger partial charge in [-0.1, -0.05) is 69.9 Å². The fourth-order valence-electron chi connectivity index (χ4n) is 5.51. The molecule has 0 spiro atoms. The van der Waals surface area contributed by atoms with Gasteiger partial charge in [0.2, 0.25) is 0 Å². The molecule has 4 rings (SSSR count). The van der Waals surface area contributed by atoms with Crippen LogP contribution in [-0.4, -0.2) is 28.7 Å². The van der Waals surface area contributed by atoms with Gasteiger partial charge in [-0.3, -0.25) is 4.90 Å². The van der Waals surface area contributed by atoms with Crippen LogP contribution >= 0.6 is 0 Å². The number of ether oxygens (including phenoxy) is 1. The summed E-state index contributed by atoms with van der Waals surface area (Å²) >= 11 is 0. The van der Waals surface area contributed by atoms with Crippen LogP contribution in [0.4, 0.5) is 0 Å². The van der Waals surface area contributed by atoms with Crippen LogP contribution in [0.15, 0.2) is 48.0 Å². The number of aromatic hydroxyl groups is 1. The molecule has 3 heteroatoms. The topological polar surface area (TPSA) is 32.7 Å². The molecule has 0 saturated carbocycles. The summed E-state index contributed by atoms with van der Waals surface area (Å²) < 4.78 is 6.51. The first-order valence-corrected chi connectivity index (χ1v) is 12.9. The second-order valence-electron chi connectivity index (χ2n) is 10.6. The number of unbranched alkanes of at least 4 members (excludes halogenated alkanes) is 2. The van der Waals surface area contributed by atoms with Gasteiger partial charge in [0.25, 0.3) is 0 Å². The van der Waals surface area contributed by atoms with E-state index in [2.05, 4.69) is 69.0 Å². The summed E-state index contributed by atoms with van der Waals surface area (Å²) in [6, 6.07) is 14.8. The van der Waals surface area contributed by atoms with Crippen molar-refractivity contribution in [1.82, 2.24) is 4.90 Å². The molecule has 0 saturated heterocycles. The Morgan fingerprint density at radius 1 is 1.06 bits per heavy atom. The third-order valence-corrected chi connectivity index (χ3v) is 7.43. The first-order chi connectivity index (χ1) is 15.9. The highest BCUT2D eigenvalue weighted by atomic mass is 16.5. The van der Waals surface area contributed by atoms with Crippen LogP contribution < -0.4 is 4.74 Å². The summed E-state index contributed by atoms with van der Waals surface area (Å²) in [5, 5.41) is 11.1. The Hall–Kier alpha value is -2.26. The lowest BCUT2D eigenvalue weighted by atomic mass is 9.81. The molecule has 0 radical (unpaired) electrons. The molecule has 2 aliphatic rings. The van der Waals surface area contributed by atoms with Crippen molar-refractivity contribution in [1.29, 1.82) is 0 Å². The molecule has 0 fully saturated rings. The number of hydrogen-bond acceptors (Lipinski definition) is 3. The van der Waals surface area contributed by atoms with Crippen molar-refractivity contribution in [3.8, 4) is 11.5 Å². The van der Waals surface area contributed by atoms with Gasteiger partial charge in [0.1, 0.15) is 17.1 Å². The monoisotopic (exact) mass is 447 g/mol. The zero-order valence-electron chi connectivity index (χ0n) is 21.0. The molecule has 1 unspecified atom stereocenters. The van der Waals surface area contributed by atoms with Crippen LogP contribution in [0.5, 0.6) is 11.5 Å². The maximum absolute atomic E-state index is 11.1. The molecule has 0 aliphatic carbocycles. The minimum atomic E-state index is -0.334. The van der Waals surface area contributed by atoms with E-state index in [4.69, 9.17) is 4.74 Å². The van der Waals surface area contributed by atoms with E-state index in [9.17, 15) is 5.11 Å². The average molecular weight is 448 g/mol. The number of rotatable bonds is 9. The average Bonchev–Trinajstić information content (AvgIpc) is 2.78. The van der Waals surface area contributed by atoms with Crippen LogP contribution in [0.2, 0.25) is 0 Å². The molecule has 0 aromatic heterocycles. The smallest absolute Gasteiger partial charge is 0.132 e. The Kier molecular flexibility index (Phi) is 7.48. The quantitative estimate of drug-likeness (QED) is 0.407. The fourth-order valence-corrected chi connectivity index (χ4v) is 5.51. The largest absolute Gasteiger partial charge is 0.507 e. The molecule has 2 aromatic carbocycles. The Morgan fingerprint density at radius 3 is 2.61 bits per heavy atom. The van der Waals surface area contributed by atoms with Gasteiger partial charge < -0.3 is 9.84 Å².